The maximum absolute atomic E-state index is 12.0. The first kappa shape index (κ1) is 21.0. The summed E-state index contributed by atoms with van der Waals surface area (Å²) >= 11 is 0. The van der Waals surface area contributed by atoms with Gasteiger partial charge in [-0.25, -0.2) is 4.79 Å². The fourth-order valence-corrected chi connectivity index (χ4v) is 2.11. The third-order valence-corrected chi connectivity index (χ3v) is 8.42. The van der Waals surface area contributed by atoms with Crippen LogP contribution in [0.5, 0.6) is 0 Å². The highest BCUT2D eigenvalue weighted by atomic mass is 28.4. The van der Waals surface area contributed by atoms with E-state index in [4.69, 9.17) is 9.16 Å². The predicted octanol–water partition coefficient (Wildman–Crippen LogP) is 5.17. The van der Waals surface area contributed by atoms with Crippen molar-refractivity contribution in [1.82, 2.24) is 4.90 Å². The molecule has 1 amide bonds. The number of hydrogen-bond acceptors (Lipinski definition) is 3. The molecule has 0 unspecified atom stereocenters. The van der Waals surface area contributed by atoms with Crippen LogP contribution in [0.25, 0.3) is 0 Å². The Morgan fingerprint density at radius 1 is 1.18 bits per heavy atom. The van der Waals surface area contributed by atoms with Gasteiger partial charge in [-0.05, 0) is 58.3 Å². The first-order chi connectivity index (χ1) is 9.67. The van der Waals surface area contributed by atoms with E-state index in [9.17, 15) is 4.79 Å². The molecule has 130 valence electrons. The second-order valence-electron chi connectivity index (χ2n) is 8.43. The summed E-state index contributed by atoms with van der Waals surface area (Å²) in [6.45, 7) is 18.7. The van der Waals surface area contributed by atoms with Crippen LogP contribution in [0.15, 0.2) is 12.3 Å². The van der Waals surface area contributed by atoms with Crippen molar-refractivity contribution in [3.8, 4) is 0 Å². The maximum Gasteiger partial charge on any atom is 0.410 e. The summed E-state index contributed by atoms with van der Waals surface area (Å²) < 4.78 is 11.4. The molecule has 4 nitrogen and oxygen atoms in total. The molecule has 0 aromatic heterocycles. The number of rotatable bonds is 5. The standard InChI is InChI=1S/C17H35NO3Si/c1-14(18(8)15(19)21-16(2,3)4)12-11-13-20-22(9,10)17(5,6)7/h11,13-14H,12H2,1-10H3/t14-/m0/s1. The lowest BCUT2D eigenvalue weighted by Crippen LogP contribution is -2.39. The molecule has 0 aliphatic carbocycles. The fourth-order valence-electron chi connectivity index (χ4n) is 1.32. The lowest BCUT2D eigenvalue weighted by atomic mass is 10.2. The topological polar surface area (TPSA) is 38.8 Å². The quantitative estimate of drug-likeness (QED) is 0.516. The molecule has 0 fully saturated rings. The summed E-state index contributed by atoms with van der Waals surface area (Å²) in [4.78, 5) is 13.6. The van der Waals surface area contributed by atoms with E-state index in [1.807, 2.05) is 33.8 Å². The van der Waals surface area contributed by atoms with Crippen molar-refractivity contribution in [3.05, 3.63) is 12.3 Å². The first-order valence-corrected chi connectivity index (χ1v) is 10.9. The van der Waals surface area contributed by atoms with Crippen LogP contribution in [0.2, 0.25) is 18.1 Å². The van der Waals surface area contributed by atoms with Crippen molar-refractivity contribution in [3.63, 3.8) is 0 Å². The molecule has 0 saturated carbocycles. The lowest BCUT2D eigenvalue weighted by Gasteiger charge is -2.35. The summed E-state index contributed by atoms with van der Waals surface area (Å²) in [6, 6.07) is 0.0640. The molecule has 0 aromatic carbocycles. The van der Waals surface area contributed by atoms with Crippen molar-refractivity contribution in [2.24, 2.45) is 0 Å². The molecule has 0 saturated heterocycles. The van der Waals surface area contributed by atoms with Crippen LogP contribution in [-0.2, 0) is 9.16 Å². The highest BCUT2D eigenvalue weighted by Crippen LogP contribution is 2.36. The first-order valence-electron chi connectivity index (χ1n) is 7.96. The largest absolute Gasteiger partial charge is 0.549 e. The summed E-state index contributed by atoms with van der Waals surface area (Å²) in [5.41, 5.74) is -0.466. The number of hydrogen-bond donors (Lipinski definition) is 0. The van der Waals surface area contributed by atoms with Crippen LogP contribution in [0, 0.1) is 0 Å². The minimum absolute atomic E-state index is 0.0640. The van der Waals surface area contributed by atoms with Gasteiger partial charge in [-0.2, -0.15) is 0 Å². The number of amides is 1. The highest BCUT2D eigenvalue weighted by molar-refractivity contribution is 6.74. The third kappa shape index (κ3) is 7.34. The third-order valence-electron chi connectivity index (χ3n) is 4.08. The number of carbonyl (C=O) groups excluding carboxylic acids is 1. The van der Waals surface area contributed by atoms with Crippen LogP contribution in [0.4, 0.5) is 4.79 Å². The normalized spacial score (nSPS) is 14.8. The molecule has 0 N–H and O–H groups in total. The molecule has 0 spiro atoms. The predicted molar refractivity (Wildman–Crippen MR) is 95.5 cm³/mol. The Morgan fingerprint density at radius 3 is 2.09 bits per heavy atom. The van der Waals surface area contributed by atoms with E-state index < -0.39 is 13.9 Å². The average Bonchev–Trinajstić information content (AvgIpc) is 2.29. The zero-order valence-corrected chi connectivity index (χ0v) is 17.1. The van der Waals surface area contributed by atoms with Gasteiger partial charge in [-0.1, -0.05) is 20.8 Å². The van der Waals surface area contributed by atoms with Crippen LogP contribution in [0.3, 0.4) is 0 Å². The lowest BCUT2D eigenvalue weighted by molar-refractivity contribution is 0.0237. The molecule has 0 radical (unpaired) electrons. The fraction of sp³-hybridized carbons (Fsp3) is 0.824. The zero-order chi connectivity index (χ0) is 17.8. The van der Waals surface area contributed by atoms with E-state index in [0.717, 1.165) is 6.42 Å². The Morgan fingerprint density at radius 2 is 1.68 bits per heavy atom. The molecule has 0 aliphatic heterocycles. The number of nitrogens with zero attached hydrogens (tertiary/aromatic N) is 1. The SMILES string of the molecule is C[C@@H](CC=CO[Si](C)(C)C(C)(C)C)N(C)C(=O)OC(C)(C)C. The van der Waals surface area contributed by atoms with Crippen LogP contribution in [-0.4, -0.2) is 38.0 Å². The Balaban J connectivity index is 4.42. The van der Waals surface area contributed by atoms with Gasteiger partial charge in [0, 0.05) is 13.1 Å². The van der Waals surface area contributed by atoms with Crippen LogP contribution >= 0.6 is 0 Å². The van der Waals surface area contributed by atoms with Gasteiger partial charge < -0.3 is 14.1 Å². The van der Waals surface area contributed by atoms with Crippen LogP contribution < -0.4 is 0 Å². The zero-order valence-electron chi connectivity index (χ0n) is 16.1. The Kier molecular flexibility index (Phi) is 7.20. The number of ether oxygens (including phenoxy) is 1. The summed E-state index contributed by atoms with van der Waals surface area (Å²) in [5, 5.41) is 0.191. The molecule has 22 heavy (non-hydrogen) atoms. The second kappa shape index (κ2) is 7.53. The van der Waals surface area contributed by atoms with Gasteiger partial charge in [-0.3, -0.25) is 0 Å². The van der Waals surface area contributed by atoms with Crippen LogP contribution in [0.1, 0.15) is 54.9 Å². The Bertz CT molecular complexity index is 392. The summed E-state index contributed by atoms with van der Waals surface area (Å²) in [5.74, 6) is 0. The average molecular weight is 330 g/mol. The molecule has 0 aromatic rings. The Hall–Kier alpha value is -0.973. The molecule has 0 rings (SSSR count). The van der Waals surface area contributed by atoms with Gasteiger partial charge in [0.25, 0.3) is 0 Å². The van der Waals surface area contributed by atoms with Crippen molar-refractivity contribution < 1.29 is 14.0 Å². The van der Waals surface area contributed by atoms with E-state index in [1.54, 1.807) is 18.2 Å². The van der Waals surface area contributed by atoms with E-state index >= 15 is 0 Å². The van der Waals surface area contributed by atoms with Gasteiger partial charge in [0.15, 0.2) is 0 Å². The van der Waals surface area contributed by atoms with Gasteiger partial charge in [0.05, 0.1) is 6.26 Å². The minimum Gasteiger partial charge on any atom is -0.549 e. The smallest absolute Gasteiger partial charge is 0.410 e. The molecular weight excluding hydrogens is 294 g/mol. The molecule has 0 heterocycles. The van der Waals surface area contributed by atoms with Gasteiger partial charge in [-0.15, -0.1) is 0 Å². The van der Waals surface area contributed by atoms with Crippen molar-refractivity contribution in [2.75, 3.05) is 7.05 Å². The van der Waals surface area contributed by atoms with Crippen molar-refractivity contribution in [1.29, 1.82) is 0 Å². The maximum atomic E-state index is 12.0. The van der Waals surface area contributed by atoms with Crippen molar-refractivity contribution >= 4 is 14.4 Å². The van der Waals surface area contributed by atoms with E-state index in [0.29, 0.717) is 0 Å². The Labute approximate surface area is 138 Å². The van der Waals surface area contributed by atoms with E-state index in [1.165, 1.54) is 0 Å². The minimum atomic E-state index is -1.75. The summed E-state index contributed by atoms with van der Waals surface area (Å²) in [7, 11) is 0.0154. The van der Waals surface area contributed by atoms with Gasteiger partial charge >= 0.3 is 6.09 Å². The second-order valence-corrected chi connectivity index (χ2v) is 13.2. The van der Waals surface area contributed by atoms with E-state index in [-0.39, 0.29) is 17.2 Å². The van der Waals surface area contributed by atoms with Gasteiger partial charge in [0.2, 0.25) is 8.32 Å². The van der Waals surface area contributed by atoms with E-state index in [2.05, 4.69) is 33.9 Å². The summed E-state index contributed by atoms with van der Waals surface area (Å²) in [6.07, 6.45) is 4.24. The molecule has 1 atom stereocenters. The highest BCUT2D eigenvalue weighted by Gasteiger charge is 2.37. The monoisotopic (exact) mass is 329 g/mol. The molecule has 0 aliphatic rings. The molecule has 0 bridgehead atoms. The molecule has 5 heteroatoms. The van der Waals surface area contributed by atoms with Gasteiger partial charge in [0.1, 0.15) is 5.60 Å². The number of carbonyl (C=O) groups is 1. The molecular formula is C17H35NO3Si. The van der Waals surface area contributed by atoms with Crippen molar-refractivity contribution in [2.45, 2.75) is 84.7 Å².